The van der Waals surface area contributed by atoms with Crippen molar-refractivity contribution in [3.05, 3.63) is 54.1 Å². The van der Waals surface area contributed by atoms with Crippen LogP contribution in [0.3, 0.4) is 0 Å². The maximum Gasteiger partial charge on any atom is 0.255 e. The number of benzene rings is 2. The van der Waals surface area contributed by atoms with E-state index in [0.29, 0.717) is 16.5 Å². The molecule has 0 radical (unpaired) electrons. The predicted octanol–water partition coefficient (Wildman–Crippen LogP) is 3.62. The van der Waals surface area contributed by atoms with Gasteiger partial charge in [-0.05, 0) is 61.4 Å². The van der Waals surface area contributed by atoms with E-state index < -0.39 is 10.0 Å². The van der Waals surface area contributed by atoms with Crippen molar-refractivity contribution in [2.24, 2.45) is 5.14 Å². The molecule has 1 amide bonds. The Morgan fingerprint density at radius 2 is 1.60 bits per heavy atom. The quantitative estimate of drug-likeness (QED) is 0.834. The summed E-state index contributed by atoms with van der Waals surface area (Å²) in [5.41, 5.74) is 1.08. The van der Waals surface area contributed by atoms with Crippen molar-refractivity contribution in [2.45, 2.75) is 40.7 Å². The molecule has 1 saturated carbocycles. The van der Waals surface area contributed by atoms with E-state index in [4.69, 9.17) is 5.14 Å². The van der Waals surface area contributed by atoms with Crippen LogP contribution in [0, 0.1) is 0 Å². The molecule has 0 aromatic heterocycles. The second-order valence-electron chi connectivity index (χ2n) is 6.07. The number of nitrogens with one attached hydrogen (secondary N) is 1. The number of nitrogens with two attached hydrogens (primary N) is 1. The van der Waals surface area contributed by atoms with Gasteiger partial charge in [0.1, 0.15) is 0 Å². The number of carbonyl (C=O) groups is 1. The number of anilines is 1. The molecular weight excluding hydrogens is 356 g/mol. The molecule has 7 heteroatoms. The molecule has 0 bridgehead atoms. The molecule has 0 aliphatic heterocycles. The first-order chi connectivity index (χ1) is 11.9. The van der Waals surface area contributed by atoms with Crippen molar-refractivity contribution in [3.8, 4) is 0 Å². The molecule has 2 aromatic rings. The number of hydrogen-bond acceptors (Lipinski definition) is 4. The summed E-state index contributed by atoms with van der Waals surface area (Å²) in [5.74, 6) is -0.294. The lowest BCUT2D eigenvalue weighted by molar-refractivity contribution is 0.102. The van der Waals surface area contributed by atoms with Gasteiger partial charge in [-0.3, -0.25) is 4.79 Å². The molecule has 0 spiro atoms. The number of primary sulfonamides is 1. The Balaban J connectivity index is 1.62. The lowest BCUT2D eigenvalue weighted by Gasteiger charge is -2.10. The first-order valence-corrected chi connectivity index (χ1v) is 10.6. The zero-order valence-electron chi connectivity index (χ0n) is 13.6. The fraction of sp³-hybridized carbons (Fsp3) is 0.278. The van der Waals surface area contributed by atoms with E-state index in [1.807, 2.05) is 36.0 Å². The highest BCUT2D eigenvalue weighted by Gasteiger charge is 2.16. The fourth-order valence-electron chi connectivity index (χ4n) is 2.81. The van der Waals surface area contributed by atoms with Gasteiger partial charge in [0, 0.05) is 21.4 Å². The zero-order valence-corrected chi connectivity index (χ0v) is 15.3. The smallest absolute Gasteiger partial charge is 0.255 e. The van der Waals surface area contributed by atoms with Crippen LogP contribution >= 0.6 is 11.8 Å². The Morgan fingerprint density at radius 1 is 1.00 bits per heavy atom. The number of carbonyl (C=O) groups excluding carboxylic acids is 1. The second kappa shape index (κ2) is 7.59. The molecule has 0 heterocycles. The molecule has 25 heavy (non-hydrogen) atoms. The second-order valence-corrected chi connectivity index (χ2v) is 9.01. The first kappa shape index (κ1) is 18.0. The molecule has 0 atom stereocenters. The van der Waals surface area contributed by atoms with Crippen molar-refractivity contribution in [1.82, 2.24) is 0 Å². The molecule has 2 aromatic carbocycles. The van der Waals surface area contributed by atoms with Gasteiger partial charge in [-0.1, -0.05) is 12.8 Å². The summed E-state index contributed by atoms with van der Waals surface area (Å²) in [6, 6.07) is 13.3. The van der Waals surface area contributed by atoms with Crippen LogP contribution in [0.25, 0.3) is 0 Å². The van der Waals surface area contributed by atoms with Crippen LogP contribution < -0.4 is 10.5 Å². The molecule has 5 nitrogen and oxygen atoms in total. The Hall–Kier alpha value is -1.83. The van der Waals surface area contributed by atoms with Gasteiger partial charge in [0.25, 0.3) is 5.91 Å². The van der Waals surface area contributed by atoms with E-state index in [1.165, 1.54) is 54.8 Å². The Morgan fingerprint density at radius 3 is 2.16 bits per heavy atom. The number of hydrogen-bond donors (Lipinski definition) is 2. The molecule has 1 fully saturated rings. The summed E-state index contributed by atoms with van der Waals surface area (Å²) in [5, 5.41) is 8.56. The van der Waals surface area contributed by atoms with Gasteiger partial charge in [0.2, 0.25) is 10.0 Å². The van der Waals surface area contributed by atoms with Gasteiger partial charge < -0.3 is 5.32 Å². The minimum atomic E-state index is -3.75. The standard InChI is InChI=1S/C18H20N2O3S2/c19-25(22,23)17-11-5-13(6-12-17)18(21)20-14-7-9-16(10-8-14)24-15-3-1-2-4-15/h5-12,15H,1-4H2,(H,20,21)(H2,19,22,23). The third kappa shape index (κ3) is 4.84. The number of amides is 1. The molecule has 3 N–H and O–H groups in total. The van der Waals surface area contributed by atoms with Crippen molar-refractivity contribution < 1.29 is 13.2 Å². The minimum Gasteiger partial charge on any atom is -0.322 e. The van der Waals surface area contributed by atoms with Crippen molar-refractivity contribution in [3.63, 3.8) is 0 Å². The SMILES string of the molecule is NS(=O)(=O)c1ccc(C(=O)Nc2ccc(SC3CCCC3)cc2)cc1. The number of sulfonamides is 1. The van der Waals surface area contributed by atoms with E-state index in [1.54, 1.807) is 0 Å². The lowest BCUT2D eigenvalue weighted by Crippen LogP contribution is -2.14. The summed E-state index contributed by atoms with van der Waals surface area (Å²) in [6.07, 6.45) is 5.18. The maximum atomic E-state index is 12.2. The zero-order chi connectivity index (χ0) is 17.9. The van der Waals surface area contributed by atoms with E-state index in [9.17, 15) is 13.2 Å². The summed E-state index contributed by atoms with van der Waals surface area (Å²) in [4.78, 5) is 13.4. The summed E-state index contributed by atoms with van der Waals surface area (Å²) in [7, 11) is -3.75. The van der Waals surface area contributed by atoms with Crippen LogP contribution in [0.4, 0.5) is 5.69 Å². The van der Waals surface area contributed by atoms with Crippen LogP contribution in [0.5, 0.6) is 0 Å². The van der Waals surface area contributed by atoms with Gasteiger partial charge >= 0.3 is 0 Å². The third-order valence-corrected chi connectivity index (χ3v) is 6.44. The minimum absolute atomic E-state index is 0.0164. The van der Waals surface area contributed by atoms with E-state index in [-0.39, 0.29) is 10.8 Å². The molecule has 132 valence electrons. The number of rotatable bonds is 5. The van der Waals surface area contributed by atoms with Crippen LogP contribution in [0.15, 0.2) is 58.3 Å². The normalized spacial score (nSPS) is 15.2. The topological polar surface area (TPSA) is 89.3 Å². The average Bonchev–Trinajstić information content (AvgIpc) is 3.09. The third-order valence-electron chi connectivity index (χ3n) is 4.16. The lowest BCUT2D eigenvalue weighted by atomic mass is 10.2. The molecule has 0 unspecified atom stereocenters. The van der Waals surface area contributed by atoms with E-state index in [2.05, 4.69) is 5.32 Å². The highest BCUT2D eigenvalue weighted by molar-refractivity contribution is 8.00. The summed E-state index contributed by atoms with van der Waals surface area (Å²) in [6.45, 7) is 0. The summed E-state index contributed by atoms with van der Waals surface area (Å²) < 4.78 is 22.5. The van der Waals surface area contributed by atoms with Crippen molar-refractivity contribution >= 4 is 33.4 Å². The monoisotopic (exact) mass is 376 g/mol. The molecule has 1 aliphatic rings. The van der Waals surface area contributed by atoms with Crippen LogP contribution in [-0.2, 0) is 10.0 Å². The molecule has 0 saturated heterocycles. The summed E-state index contributed by atoms with van der Waals surface area (Å²) >= 11 is 1.90. The number of thioether (sulfide) groups is 1. The molecular formula is C18H20N2O3S2. The maximum absolute atomic E-state index is 12.2. The fourth-order valence-corrected chi connectivity index (χ4v) is 4.58. The van der Waals surface area contributed by atoms with Crippen LogP contribution in [0.2, 0.25) is 0 Å². The Bertz CT molecular complexity index is 841. The molecule has 1 aliphatic carbocycles. The first-order valence-electron chi connectivity index (χ1n) is 8.13. The van der Waals surface area contributed by atoms with E-state index >= 15 is 0 Å². The predicted molar refractivity (Wildman–Crippen MR) is 100 cm³/mol. The van der Waals surface area contributed by atoms with Crippen LogP contribution in [0.1, 0.15) is 36.0 Å². The Kier molecular flexibility index (Phi) is 5.46. The van der Waals surface area contributed by atoms with E-state index in [0.717, 1.165) is 0 Å². The molecule has 3 rings (SSSR count). The Labute approximate surface area is 152 Å². The average molecular weight is 377 g/mol. The van der Waals surface area contributed by atoms with Crippen molar-refractivity contribution in [1.29, 1.82) is 0 Å². The van der Waals surface area contributed by atoms with Crippen LogP contribution in [-0.4, -0.2) is 19.6 Å². The highest BCUT2D eigenvalue weighted by Crippen LogP contribution is 2.34. The largest absolute Gasteiger partial charge is 0.322 e. The van der Waals surface area contributed by atoms with Gasteiger partial charge in [-0.2, -0.15) is 0 Å². The van der Waals surface area contributed by atoms with Crippen molar-refractivity contribution in [2.75, 3.05) is 5.32 Å². The highest BCUT2D eigenvalue weighted by atomic mass is 32.2. The van der Waals surface area contributed by atoms with Gasteiger partial charge in [0.05, 0.1) is 4.90 Å². The van der Waals surface area contributed by atoms with Gasteiger partial charge in [0.15, 0.2) is 0 Å². The van der Waals surface area contributed by atoms with Gasteiger partial charge in [-0.25, -0.2) is 13.6 Å². The van der Waals surface area contributed by atoms with Gasteiger partial charge in [-0.15, -0.1) is 11.8 Å².